The lowest BCUT2D eigenvalue weighted by Crippen LogP contribution is -2.42. The van der Waals surface area contributed by atoms with E-state index < -0.39 is 11.4 Å². The van der Waals surface area contributed by atoms with Gasteiger partial charge in [0.2, 0.25) is 0 Å². The van der Waals surface area contributed by atoms with Crippen molar-refractivity contribution in [3.63, 3.8) is 0 Å². The number of piperidine rings is 1. The third-order valence-corrected chi connectivity index (χ3v) is 4.05. The molecule has 1 aliphatic heterocycles. The van der Waals surface area contributed by atoms with Gasteiger partial charge in [-0.25, -0.2) is 0 Å². The Kier molecular flexibility index (Phi) is 3.94. The molecule has 1 aromatic heterocycles. The molecule has 19 heavy (non-hydrogen) atoms. The number of aromatic nitrogens is 2. The molecule has 0 radical (unpaired) electrons. The van der Waals surface area contributed by atoms with E-state index in [1.54, 1.807) is 0 Å². The molecule has 5 nitrogen and oxygen atoms in total. The molecule has 0 aliphatic carbocycles. The SMILES string of the molecule is CC(C)n1ccc(CN2CCC(C)(C(=O)O)CC2)n1. The summed E-state index contributed by atoms with van der Waals surface area (Å²) in [5, 5.41) is 13.7. The number of hydrogen-bond acceptors (Lipinski definition) is 3. The summed E-state index contributed by atoms with van der Waals surface area (Å²) in [6.45, 7) is 8.54. The quantitative estimate of drug-likeness (QED) is 0.906. The highest BCUT2D eigenvalue weighted by Crippen LogP contribution is 2.31. The van der Waals surface area contributed by atoms with Gasteiger partial charge in [-0.15, -0.1) is 0 Å². The van der Waals surface area contributed by atoms with E-state index in [9.17, 15) is 9.90 Å². The highest BCUT2D eigenvalue weighted by atomic mass is 16.4. The Bertz CT molecular complexity index is 445. The molecule has 1 fully saturated rings. The lowest BCUT2D eigenvalue weighted by Gasteiger charge is -2.36. The predicted molar refractivity (Wildman–Crippen MR) is 72.9 cm³/mol. The van der Waals surface area contributed by atoms with Crippen LogP contribution in [-0.4, -0.2) is 38.8 Å². The molecule has 1 N–H and O–H groups in total. The number of likely N-dealkylation sites (tertiary alicyclic amines) is 1. The summed E-state index contributed by atoms with van der Waals surface area (Å²) in [7, 11) is 0. The molecule has 0 amide bonds. The van der Waals surface area contributed by atoms with Crippen molar-refractivity contribution in [2.45, 2.75) is 46.2 Å². The summed E-state index contributed by atoms with van der Waals surface area (Å²) in [5.74, 6) is -0.670. The summed E-state index contributed by atoms with van der Waals surface area (Å²) in [5.41, 5.74) is 0.515. The molecular formula is C14H23N3O2. The largest absolute Gasteiger partial charge is 0.481 e. The van der Waals surface area contributed by atoms with E-state index in [1.165, 1.54) is 0 Å². The van der Waals surface area contributed by atoms with Gasteiger partial charge in [-0.05, 0) is 52.8 Å². The number of carboxylic acids is 1. The van der Waals surface area contributed by atoms with E-state index in [0.29, 0.717) is 18.9 Å². The summed E-state index contributed by atoms with van der Waals surface area (Å²) in [6.07, 6.45) is 3.44. The third kappa shape index (κ3) is 3.15. The van der Waals surface area contributed by atoms with Crippen molar-refractivity contribution in [3.8, 4) is 0 Å². The smallest absolute Gasteiger partial charge is 0.309 e. The first-order valence-corrected chi connectivity index (χ1v) is 6.90. The summed E-state index contributed by atoms with van der Waals surface area (Å²) < 4.78 is 1.96. The van der Waals surface area contributed by atoms with Crippen LogP contribution in [0.3, 0.4) is 0 Å². The van der Waals surface area contributed by atoms with Crippen LogP contribution in [0.4, 0.5) is 0 Å². The Morgan fingerprint density at radius 2 is 2.11 bits per heavy atom. The van der Waals surface area contributed by atoms with E-state index in [-0.39, 0.29) is 0 Å². The average Bonchev–Trinajstić information content (AvgIpc) is 2.81. The Morgan fingerprint density at radius 1 is 1.47 bits per heavy atom. The molecule has 0 aromatic carbocycles. The second-order valence-corrected chi connectivity index (χ2v) is 6.02. The number of nitrogens with zero attached hydrogens (tertiary/aromatic N) is 3. The number of carbonyl (C=O) groups is 1. The molecule has 2 heterocycles. The first-order valence-electron chi connectivity index (χ1n) is 6.90. The molecule has 106 valence electrons. The minimum atomic E-state index is -0.670. The monoisotopic (exact) mass is 265 g/mol. The predicted octanol–water partition coefficient (Wildman–Crippen LogP) is 2.15. The van der Waals surface area contributed by atoms with Crippen LogP contribution in [0.1, 0.15) is 45.3 Å². The molecule has 1 saturated heterocycles. The van der Waals surface area contributed by atoms with Gasteiger partial charge < -0.3 is 5.11 Å². The Labute approximate surface area is 114 Å². The normalized spacial score (nSPS) is 19.8. The van der Waals surface area contributed by atoms with E-state index in [1.807, 2.05) is 23.9 Å². The van der Waals surface area contributed by atoms with Gasteiger partial charge in [0.05, 0.1) is 11.1 Å². The maximum atomic E-state index is 11.2. The number of rotatable bonds is 4. The zero-order valence-electron chi connectivity index (χ0n) is 12.0. The molecule has 0 unspecified atom stereocenters. The molecule has 1 aliphatic rings. The van der Waals surface area contributed by atoms with Crippen LogP contribution in [0.2, 0.25) is 0 Å². The maximum absolute atomic E-state index is 11.2. The first kappa shape index (κ1) is 14.1. The van der Waals surface area contributed by atoms with Crippen LogP contribution in [0.25, 0.3) is 0 Å². The van der Waals surface area contributed by atoms with Crippen LogP contribution < -0.4 is 0 Å². The number of hydrogen-bond donors (Lipinski definition) is 1. The standard InChI is InChI=1S/C14H23N3O2/c1-11(2)17-7-4-12(15-17)10-16-8-5-14(3,6-9-16)13(18)19/h4,7,11H,5-6,8-10H2,1-3H3,(H,18,19). The minimum Gasteiger partial charge on any atom is -0.481 e. The van der Waals surface area contributed by atoms with Crippen molar-refractivity contribution >= 4 is 5.97 Å². The zero-order chi connectivity index (χ0) is 14.0. The van der Waals surface area contributed by atoms with Crippen LogP contribution in [0, 0.1) is 5.41 Å². The van der Waals surface area contributed by atoms with Crippen molar-refractivity contribution in [1.29, 1.82) is 0 Å². The number of aliphatic carboxylic acids is 1. The maximum Gasteiger partial charge on any atom is 0.309 e. The van der Waals surface area contributed by atoms with Gasteiger partial charge in [-0.3, -0.25) is 14.4 Å². The molecule has 1 aromatic rings. The van der Waals surface area contributed by atoms with Crippen molar-refractivity contribution in [2.75, 3.05) is 13.1 Å². The molecule has 2 rings (SSSR count). The second kappa shape index (κ2) is 5.33. The topological polar surface area (TPSA) is 58.4 Å². The molecule has 5 heteroatoms. The van der Waals surface area contributed by atoms with Crippen LogP contribution in [0.5, 0.6) is 0 Å². The highest BCUT2D eigenvalue weighted by Gasteiger charge is 2.36. The molecule has 0 saturated carbocycles. The van der Waals surface area contributed by atoms with Gasteiger partial charge in [0, 0.05) is 18.8 Å². The molecule has 0 bridgehead atoms. The minimum absolute atomic E-state index is 0.380. The van der Waals surface area contributed by atoms with E-state index in [4.69, 9.17) is 0 Å². The van der Waals surface area contributed by atoms with Crippen molar-refractivity contribution < 1.29 is 9.90 Å². The number of carboxylic acid groups (broad SMARTS) is 1. The average molecular weight is 265 g/mol. The third-order valence-electron chi connectivity index (χ3n) is 4.05. The van der Waals surface area contributed by atoms with Gasteiger partial charge in [-0.1, -0.05) is 0 Å². The fourth-order valence-electron chi connectivity index (χ4n) is 2.40. The molecular weight excluding hydrogens is 242 g/mol. The van der Waals surface area contributed by atoms with Crippen LogP contribution in [-0.2, 0) is 11.3 Å². The van der Waals surface area contributed by atoms with Gasteiger partial charge in [0.25, 0.3) is 0 Å². The summed E-state index contributed by atoms with van der Waals surface area (Å²) in [4.78, 5) is 13.5. The van der Waals surface area contributed by atoms with Gasteiger partial charge >= 0.3 is 5.97 Å². The Morgan fingerprint density at radius 3 is 2.58 bits per heavy atom. The van der Waals surface area contributed by atoms with E-state index in [2.05, 4.69) is 23.8 Å². The van der Waals surface area contributed by atoms with Crippen molar-refractivity contribution in [3.05, 3.63) is 18.0 Å². The fourth-order valence-corrected chi connectivity index (χ4v) is 2.40. The summed E-state index contributed by atoms with van der Waals surface area (Å²) in [6, 6.07) is 2.43. The summed E-state index contributed by atoms with van der Waals surface area (Å²) >= 11 is 0. The molecule has 0 spiro atoms. The van der Waals surface area contributed by atoms with Gasteiger partial charge in [0.15, 0.2) is 0 Å². The van der Waals surface area contributed by atoms with E-state index in [0.717, 1.165) is 25.3 Å². The second-order valence-electron chi connectivity index (χ2n) is 6.02. The Balaban J connectivity index is 1.90. The fraction of sp³-hybridized carbons (Fsp3) is 0.714. The van der Waals surface area contributed by atoms with Gasteiger partial charge in [-0.2, -0.15) is 5.10 Å². The van der Waals surface area contributed by atoms with E-state index >= 15 is 0 Å². The lowest BCUT2D eigenvalue weighted by molar-refractivity contribution is -0.150. The van der Waals surface area contributed by atoms with Crippen LogP contribution in [0.15, 0.2) is 12.3 Å². The lowest BCUT2D eigenvalue weighted by atomic mass is 9.80. The zero-order valence-corrected chi connectivity index (χ0v) is 12.0. The van der Waals surface area contributed by atoms with Crippen molar-refractivity contribution in [1.82, 2.24) is 14.7 Å². The highest BCUT2D eigenvalue weighted by molar-refractivity contribution is 5.74. The van der Waals surface area contributed by atoms with Crippen molar-refractivity contribution in [2.24, 2.45) is 5.41 Å². The first-order chi connectivity index (χ1) is 8.90. The van der Waals surface area contributed by atoms with Crippen LogP contribution >= 0.6 is 0 Å². The Hall–Kier alpha value is -1.36. The molecule has 0 atom stereocenters. The van der Waals surface area contributed by atoms with Gasteiger partial charge in [0.1, 0.15) is 0 Å².